The molecule has 0 saturated carbocycles. The molecule has 0 unspecified atom stereocenters. The Hall–Kier alpha value is -0.672. The summed E-state index contributed by atoms with van der Waals surface area (Å²) >= 11 is 0. The van der Waals surface area contributed by atoms with Gasteiger partial charge in [-0.15, -0.1) is 4.39 Å². The van der Waals surface area contributed by atoms with Crippen LogP contribution in [0.1, 0.15) is 6.42 Å². The van der Waals surface area contributed by atoms with Crippen LogP contribution in [0.3, 0.4) is 0 Å². The van der Waals surface area contributed by atoms with Gasteiger partial charge in [0.25, 0.3) is 0 Å². The fraction of sp³-hybridized carbons (Fsp3) is 0.682. The lowest BCUT2D eigenvalue weighted by Gasteiger charge is -2.36. The SMILES string of the molecule is CO[Si](CCC[Si](C)(C)O[Si](C)(C)CC[Si](C)(C)c1cccc(N(C)C(=O)F)c1)(OC)OC. The highest BCUT2D eigenvalue weighted by atomic mass is 28.4. The van der Waals surface area contributed by atoms with Gasteiger partial charge in [0.05, 0.1) is 8.07 Å². The first kappa shape index (κ1) is 30.4. The third-order valence-electron chi connectivity index (χ3n) is 6.38. The third-order valence-corrected chi connectivity index (χ3v) is 20.5. The Morgan fingerprint density at radius 2 is 1.42 bits per heavy atom. The van der Waals surface area contributed by atoms with Crippen molar-refractivity contribution in [3.05, 3.63) is 24.3 Å². The van der Waals surface area contributed by atoms with E-state index in [9.17, 15) is 9.18 Å². The normalized spacial score (nSPS) is 13.3. The zero-order valence-corrected chi connectivity index (χ0v) is 26.2. The van der Waals surface area contributed by atoms with Crippen molar-refractivity contribution in [1.82, 2.24) is 0 Å². The molecule has 6 nitrogen and oxygen atoms in total. The molecule has 1 amide bonds. The minimum Gasteiger partial charge on any atom is -0.456 e. The second kappa shape index (κ2) is 12.3. The topological polar surface area (TPSA) is 57.2 Å². The van der Waals surface area contributed by atoms with E-state index in [0.29, 0.717) is 5.69 Å². The summed E-state index contributed by atoms with van der Waals surface area (Å²) < 4.78 is 36.7. The van der Waals surface area contributed by atoms with E-state index >= 15 is 0 Å². The molecule has 0 aliphatic carbocycles. The molecule has 0 fully saturated rings. The molecule has 0 aromatic heterocycles. The summed E-state index contributed by atoms with van der Waals surface area (Å²) in [5.74, 6) is 0. The van der Waals surface area contributed by atoms with Gasteiger partial charge in [-0.2, -0.15) is 0 Å². The van der Waals surface area contributed by atoms with Gasteiger partial charge < -0.3 is 17.4 Å². The van der Waals surface area contributed by atoms with Crippen molar-refractivity contribution in [2.24, 2.45) is 0 Å². The number of carbonyl (C=O) groups is 1. The molecule has 190 valence electrons. The Balaban J connectivity index is 2.75. The number of halogens is 1. The monoisotopic (exact) mass is 533 g/mol. The van der Waals surface area contributed by atoms with E-state index in [2.05, 4.69) is 45.3 Å². The van der Waals surface area contributed by atoms with E-state index in [1.807, 2.05) is 12.1 Å². The van der Waals surface area contributed by atoms with Gasteiger partial charge in [0.15, 0.2) is 16.6 Å². The van der Waals surface area contributed by atoms with E-state index in [1.54, 1.807) is 27.4 Å². The molecule has 0 aliphatic heterocycles. The molecule has 0 atom stereocenters. The first-order valence-corrected chi connectivity index (χ1v) is 22.9. The number of carbonyl (C=O) groups excluding carboxylic acids is 1. The lowest BCUT2D eigenvalue weighted by atomic mass is 10.3. The van der Waals surface area contributed by atoms with Crippen LogP contribution in [0.25, 0.3) is 0 Å². The summed E-state index contributed by atoms with van der Waals surface area (Å²) in [7, 11) is -1.59. The van der Waals surface area contributed by atoms with Crippen molar-refractivity contribution in [2.45, 2.75) is 69.9 Å². The van der Waals surface area contributed by atoms with Crippen molar-refractivity contribution in [2.75, 3.05) is 33.3 Å². The predicted octanol–water partition coefficient (Wildman–Crippen LogP) is 5.82. The van der Waals surface area contributed by atoms with E-state index in [-0.39, 0.29) is 0 Å². The average Bonchev–Trinajstić information content (AvgIpc) is 2.74. The quantitative estimate of drug-likeness (QED) is 0.171. The van der Waals surface area contributed by atoms with Crippen LogP contribution >= 0.6 is 0 Å². The van der Waals surface area contributed by atoms with Gasteiger partial charge in [-0.1, -0.05) is 36.5 Å². The lowest BCUT2D eigenvalue weighted by Crippen LogP contribution is -2.48. The molecule has 33 heavy (non-hydrogen) atoms. The maximum atomic E-state index is 13.2. The zero-order chi connectivity index (χ0) is 25.5. The Morgan fingerprint density at radius 1 is 0.879 bits per heavy atom. The van der Waals surface area contributed by atoms with Gasteiger partial charge in [0.2, 0.25) is 0 Å². The highest BCUT2D eigenvalue weighted by Crippen LogP contribution is 2.29. The number of nitrogens with zero attached hydrogens (tertiary/aromatic N) is 1. The number of benzene rings is 1. The molecule has 1 aromatic carbocycles. The van der Waals surface area contributed by atoms with Crippen molar-refractivity contribution >= 4 is 50.5 Å². The Labute approximate surface area is 204 Å². The van der Waals surface area contributed by atoms with Crippen molar-refractivity contribution in [1.29, 1.82) is 0 Å². The van der Waals surface area contributed by atoms with Gasteiger partial charge >= 0.3 is 15.0 Å². The summed E-state index contributed by atoms with van der Waals surface area (Å²) in [5.41, 5.74) is 0.602. The molecule has 0 saturated heterocycles. The van der Waals surface area contributed by atoms with Gasteiger partial charge in [0, 0.05) is 40.1 Å². The molecule has 1 rings (SSSR count). The Kier molecular flexibility index (Phi) is 11.3. The summed E-state index contributed by atoms with van der Waals surface area (Å²) in [4.78, 5) is 12.2. The summed E-state index contributed by atoms with van der Waals surface area (Å²) in [5, 5.41) is 1.23. The van der Waals surface area contributed by atoms with E-state index in [4.69, 9.17) is 17.4 Å². The second-order valence-electron chi connectivity index (χ2n) is 10.5. The zero-order valence-electron chi connectivity index (χ0n) is 22.2. The van der Waals surface area contributed by atoms with Gasteiger partial charge in [-0.3, -0.25) is 4.90 Å². The molecule has 0 bridgehead atoms. The Bertz CT molecular complexity index is 767. The van der Waals surface area contributed by atoms with Crippen LogP contribution in [0, 0.1) is 0 Å². The van der Waals surface area contributed by atoms with Crippen LogP contribution in [0.15, 0.2) is 24.3 Å². The molecular weight excluding hydrogens is 490 g/mol. The van der Waals surface area contributed by atoms with Crippen LogP contribution in [0.4, 0.5) is 14.9 Å². The smallest absolute Gasteiger partial charge is 0.456 e. The maximum absolute atomic E-state index is 13.2. The van der Waals surface area contributed by atoms with Crippen LogP contribution in [0.2, 0.25) is 63.5 Å². The summed E-state index contributed by atoms with van der Waals surface area (Å²) in [6, 6.07) is 11.8. The summed E-state index contributed by atoms with van der Waals surface area (Å²) in [6.45, 7) is 13.9. The lowest BCUT2D eigenvalue weighted by molar-refractivity contribution is 0.123. The highest BCUT2D eigenvalue weighted by molar-refractivity contribution is 6.92. The van der Waals surface area contributed by atoms with Crippen LogP contribution in [0.5, 0.6) is 0 Å². The highest BCUT2D eigenvalue weighted by Gasteiger charge is 2.39. The first-order chi connectivity index (χ1) is 15.1. The molecule has 1 aromatic rings. The predicted molar refractivity (Wildman–Crippen MR) is 145 cm³/mol. The average molecular weight is 534 g/mol. The number of rotatable bonds is 14. The molecule has 0 spiro atoms. The first-order valence-electron chi connectivity index (χ1n) is 11.5. The molecule has 0 aliphatic rings. The fourth-order valence-electron chi connectivity index (χ4n) is 4.13. The maximum Gasteiger partial charge on any atom is 0.500 e. The number of hydrogen-bond acceptors (Lipinski definition) is 5. The third kappa shape index (κ3) is 9.47. The minimum atomic E-state index is -2.54. The van der Waals surface area contributed by atoms with Gasteiger partial charge in [-0.05, 0) is 56.8 Å². The van der Waals surface area contributed by atoms with E-state index in [1.165, 1.54) is 12.2 Å². The molecular formula is C22H44FNO5Si4. The van der Waals surface area contributed by atoms with Crippen LogP contribution in [-0.4, -0.2) is 68.1 Å². The number of anilines is 1. The van der Waals surface area contributed by atoms with Gasteiger partial charge in [0.1, 0.15) is 0 Å². The standard InChI is InChI=1S/C22H44FNO5Si4/c1-24(22(23)25)20-13-11-14-21(19-20)30(5,6)17-18-32(9,10)29-31(7,8)15-12-16-33(26-2,27-3)28-4/h11,13-14,19H,12,15-18H2,1-10H3. The van der Waals surface area contributed by atoms with Crippen LogP contribution < -0.4 is 10.1 Å². The van der Waals surface area contributed by atoms with Crippen molar-refractivity contribution < 1.29 is 26.6 Å². The number of hydrogen-bond donors (Lipinski definition) is 0. The minimum absolute atomic E-state index is 0.602. The van der Waals surface area contributed by atoms with Gasteiger partial charge in [-0.25, -0.2) is 4.79 Å². The van der Waals surface area contributed by atoms with Crippen molar-refractivity contribution in [3.63, 3.8) is 0 Å². The summed E-state index contributed by atoms with van der Waals surface area (Å²) in [6.07, 6.45) is -0.471. The Morgan fingerprint density at radius 3 is 1.94 bits per heavy atom. The van der Waals surface area contributed by atoms with E-state index < -0.39 is 39.7 Å². The second-order valence-corrected chi connectivity index (χ2v) is 27.3. The largest absolute Gasteiger partial charge is 0.500 e. The fourth-order valence-corrected chi connectivity index (χ4v) is 20.3. The van der Waals surface area contributed by atoms with Crippen LogP contribution in [-0.2, 0) is 17.4 Å². The molecule has 11 heteroatoms. The molecule has 0 heterocycles. The molecule has 0 N–H and O–H groups in total. The number of amides is 1. The molecule has 0 radical (unpaired) electrons. The van der Waals surface area contributed by atoms with Crippen molar-refractivity contribution in [3.8, 4) is 0 Å². The van der Waals surface area contributed by atoms with E-state index in [0.717, 1.165) is 35.5 Å².